The monoisotopic (exact) mass is 701 g/mol. The molecule has 2 aliphatic rings. The van der Waals surface area contributed by atoms with Crippen LogP contribution in [0, 0.1) is 5.82 Å². The second-order valence-corrected chi connectivity index (χ2v) is 14.2. The third-order valence-electron chi connectivity index (χ3n) is 8.95. The summed E-state index contributed by atoms with van der Waals surface area (Å²) in [5.41, 5.74) is 1.60. The number of hydrogen-bond donors (Lipinski definition) is 1. The highest BCUT2D eigenvalue weighted by atomic mass is 32.2. The van der Waals surface area contributed by atoms with Gasteiger partial charge in [0, 0.05) is 25.1 Å². The van der Waals surface area contributed by atoms with Gasteiger partial charge in [-0.05, 0) is 72.5 Å². The quantitative estimate of drug-likeness (QED) is 0.196. The van der Waals surface area contributed by atoms with Crippen LogP contribution in [0.25, 0.3) is 0 Å². The van der Waals surface area contributed by atoms with E-state index < -0.39 is 34.3 Å². The number of benzene rings is 4. The highest BCUT2D eigenvalue weighted by molar-refractivity contribution is 7.92. The summed E-state index contributed by atoms with van der Waals surface area (Å²) in [6.07, 6.45) is 3.90. The lowest BCUT2D eigenvalue weighted by atomic mass is 10.0. The average Bonchev–Trinajstić information content (AvgIpc) is 3.65. The van der Waals surface area contributed by atoms with Gasteiger partial charge in [-0.2, -0.15) is 0 Å². The maximum Gasteiger partial charge on any atom is 0.264 e. The molecular formula is C38H40FN3O7S. The van der Waals surface area contributed by atoms with Gasteiger partial charge < -0.3 is 24.4 Å². The first-order valence-corrected chi connectivity index (χ1v) is 18.1. The summed E-state index contributed by atoms with van der Waals surface area (Å²) in [5, 5.41) is 3.16. The van der Waals surface area contributed by atoms with Gasteiger partial charge in [-0.3, -0.25) is 13.9 Å². The molecule has 0 saturated heterocycles. The van der Waals surface area contributed by atoms with Crippen molar-refractivity contribution in [2.75, 3.05) is 31.2 Å². The van der Waals surface area contributed by atoms with Gasteiger partial charge in [-0.15, -0.1) is 0 Å². The fraction of sp³-hybridized carbons (Fsp3) is 0.316. The average molecular weight is 702 g/mol. The Labute approximate surface area is 291 Å². The topological polar surface area (TPSA) is 114 Å². The lowest BCUT2D eigenvalue weighted by Gasteiger charge is -2.34. The van der Waals surface area contributed by atoms with E-state index in [0.717, 1.165) is 47.7 Å². The van der Waals surface area contributed by atoms with Crippen LogP contribution in [0.4, 0.5) is 10.1 Å². The van der Waals surface area contributed by atoms with Gasteiger partial charge in [0.2, 0.25) is 11.8 Å². The summed E-state index contributed by atoms with van der Waals surface area (Å²) >= 11 is 0. The Bertz CT molecular complexity index is 1900. The van der Waals surface area contributed by atoms with Crippen molar-refractivity contribution >= 4 is 27.5 Å². The van der Waals surface area contributed by atoms with Crippen molar-refractivity contribution in [1.82, 2.24) is 10.2 Å². The first-order chi connectivity index (χ1) is 24.2. The van der Waals surface area contributed by atoms with Gasteiger partial charge in [0.25, 0.3) is 10.0 Å². The number of sulfonamides is 1. The van der Waals surface area contributed by atoms with Crippen LogP contribution >= 0.6 is 0 Å². The summed E-state index contributed by atoms with van der Waals surface area (Å²) < 4.78 is 60.5. The lowest BCUT2D eigenvalue weighted by Crippen LogP contribution is -2.54. The zero-order valence-electron chi connectivity index (χ0n) is 27.8. The van der Waals surface area contributed by atoms with E-state index in [1.165, 1.54) is 35.2 Å². The van der Waals surface area contributed by atoms with Gasteiger partial charge in [0.1, 0.15) is 37.4 Å². The van der Waals surface area contributed by atoms with Crippen molar-refractivity contribution in [2.45, 2.75) is 55.6 Å². The van der Waals surface area contributed by atoms with Crippen molar-refractivity contribution in [3.8, 4) is 17.2 Å². The molecule has 0 aromatic heterocycles. The van der Waals surface area contributed by atoms with Crippen molar-refractivity contribution in [3.05, 3.63) is 114 Å². The van der Waals surface area contributed by atoms with Crippen LogP contribution in [0.2, 0.25) is 0 Å². The molecular weight excluding hydrogens is 661 g/mol. The summed E-state index contributed by atoms with van der Waals surface area (Å²) in [5.74, 6) is -0.280. The summed E-state index contributed by atoms with van der Waals surface area (Å²) in [6.45, 7) is -0.0974. The Hall–Kier alpha value is -5.10. The number of methoxy groups -OCH3 is 1. The fourth-order valence-corrected chi connectivity index (χ4v) is 7.77. The fourth-order valence-electron chi connectivity index (χ4n) is 6.34. The SMILES string of the molecule is COc1cccc(CN(C(=O)CN(c2ccc(F)cc2)S(=O)(=O)c2ccc3c(c2)OCCO3)[C@@H](Cc2ccccc2)C(=O)NC2CCCC2)c1. The zero-order valence-corrected chi connectivity index (χ0v) is 28.6. The molecule has 0 bridgehead atoms. The number of amides is 2. The molecule has 0 unspecified atom stereocenters. The van der Waals surface area contributed by atoms with Crippen LogP contribution in [-0.2, 0) is 32.6 Å². The molecule has 2 amide bonds. The first kappa shape index (κ1) is 34.8. The largest absolute Gasteiger partial charge is 0.497 e. The van der Waals surface area contributed by atoms with Crippen molar-refractivity contribution in [1.29, 1.82) is 0 Å². The minimum atomic E-state index is -4.43. The molecule has 0 spiro atoms. The number of ether oxygens (including phenoxy) is 3. The Balaban J connectivity index is 1.40. The Morgan fingerprint density at radius 3 is 2.30 bits per heavy atom. The lowest BCUT2D eigenvalue weighted by molar-refractivity contribution is -0.140. The van der Waals surface area contributed by atoms with Crippen molar-refractivity contribution in [2.24, 2.45) is 0 Å². The van der Waals surface area contributed by atoms with E-state index in [4.69, 9.17) is 14.2 Å². The first-order valence-electron chi connectivity index (χ1n) is 16.7. The second kappa shape index (κ2) is 15.6. The van der Waals surface area contributed by atoms with Crippen molar-refractivity contribution in [3.63, 3.8) is 0 Å². The highest BCUT2D eigenvalue weighted by Gasteiger charge is 2.36. The summed E-state index contributed by atoms with van der Waals surface area (Å²) in [4.78, 5) is 30.2. The number of anilines is 1. The Morgan fingerprint density at radius 1 is 0.880 bits per heavy atom. The molecule has 4 aromatic carbocycles. The van der Waals surface area contributed by atoms with Gasteiger partial charge in [0.15, 0.2) is 11.5 Å². The van der Waals surface area contributed by atoms with Crippen LogP contribution < -0.4 is 23.8 Å². The van der Waals surface area contributed by atoms with Gasteiger partial charge in [0.05, 0.1) is 17.7 Å². The van der Waals surface area contributed by atoms with Gasteiger partial charge >= 0.3 is 0 Å². The van der Waals surface area contributed by atoms with E-state index in [1.54, 1.807) is 25.3 Å². The van der Waals surface area contributed by atoms with Crippen LogP contribution in [0.3, 0.4) is 0 Å². The maximum absolute atomic E-state index is 14.7. The van der Waals surface area contributed by atoms with E-state index in [0.29, 0.717) is 23.7 Å². The Kier molecular flexibility index (Phi) is 10.9. The molecule has 1 N–H and O–H groups in total. The van der Waals surface area contributed by atoms with E-state index in [2.05, 4.69) is 5.32 Å². The molecule has 6 rings (SSSR count). The third kappa shape index (κ3) is 8.19. The summed E-state index contributed by atoms with van der Waals surface area (Å²) in [6, 6.07) is 24.7. The molecule has 0 radical (unpaired) electrons. The number of nitrogens with one attached hydrogen (secondary N) is 1. The molecule has 1 atom stereocenters. The molecule has 12 heteroatoms. The predicted molar refractivity (Wildman–Crippen MR) is 186 cm³/mol. The smallest absolute Gasteiger partial charge is 0.264 e. The van der Waals surface area contributed by atoms with E-state index >= 15 is 0 Å². The number of halogens is 1. The van der Waals surface area contributed by atoms with Gasteiger partial charge in [-0.25, -0.2) is 12.8 Å². The zero-order chi connectivity index (χ0) is 35.1. The predicted octanol–water partition coefficient (Wildman–Crippen LogP) is 5.50. The highest BCUT2D eigenvalue weighted by Crippen LogP contribution is 2.34. The van der Waals surface area contributed by atoms with Crippen LogP contribution in [0.15, 0.2) is 102 Å². The molecule has 262 valence electrons. The molecule has 1 heterocycles. The number of hydrogen-bond acceptors (Lipinski definition) is 7. The normalized spacial score (nSPS) is 14.8. The van der Waals surface area contributed by atoms with E-state index in [-0.39, 0.29) is 47.9 Å². The maximum atomic E-state index is 14.7. The Morgan fingerprint density at radius 2 is 1.58 bits per heavy atom. The molecule has 10 nitrogen and oxygen atoms in total. The van der Waals surface area contributed by atoms with Crippen LogP contribution in [0.5, 0.6) is 17.2 Å². The van der Waals surface area contributed by atoms with Crippen LogP contribution in [0.1, 0.15) is 36.8 Å². The van der Waals surface area contributed by atoms with Gasteiger partial charge in [-0.1, -0.05) is 55.3 Å². The van der Waals surface area contributed by atoms with E-state index in [1.807, 2.05) is 36.4 Å². The third-order valence-corrected chi connectivity index (χ3v) is 10.7. The number of carbonyl (C=O) groups excluding carboxylic acids is 2. The van der Waals surface area contributed by atoms with Crippen LogP contribution in [-0.4, -0.2) is 64.1 Å². The minimum Gasteiger partial charge on any atom is -0.497 e. The molecule has 1 saturated carbocycles. The molecule has 1 fully saturated rings. The summed E-state index contributed by atoms with van der Waals surface area (Å²) in [7, 11) is -2.89. The number of carbonyl (C=O) groups is 2. The van der Waals surface area contributed by atoms with Crippen molar-refractivity contribution < 1.29 is 36.6 Å². The number of fused-ring (bicyclic) bond motifs is 1. The molecule has 1 aliphatic carbocycles. The van der Waals surface area contributed by atoms with E-state index in [9.17, 15) is 22.4 Å². The standard InChI is InChI=1S/C38H40FN3O7S/c1-47-32-13-7-10-28(22-32)25-41(34(23-27-8-3-2-4-9-27)38(44)40-30-11-5-6-12-30)37(43)26-42(31-16-14-29(39)15-17-31)50(45,46)33-18-19-35-36(24-33)49-21-20-48-35/h2-4,7-10,13-19,22,24,30,34H,5-6,11-12,20-21,23,25-26H2,1H3,(H,40,44)/t34-/m0/s1. The minimum absolute atomic E-state index is 0.00699. The molecule has 4 aromatic rings. The second-order valence-electron chi connectivity index (χ2n) is 12.4. The molecule has 1 aliphatic heterocycles. The number of nitrogens with zero attached hydrogens (tertiary/aromatic N) is 2. The molecule has 50 heavy (non-hydrogen) atoms. The number of rotatable bonds is 13.